The summed E-state index contributed by atoms with van der Waals surface area (Å²) in [5.41, 5.74) is 0.810. The van der Waals surface area contributed by atoms with Crippen LogP contribution in [0.1, 0.15) is 47.5 Å². The Morgan fingerprint density at radius 2 is 1.68 bits per heavy atom. The number of likely N-dealkylation sites (tertiary alicyclic amines) is 1. The van der Waals surface area contributed by atoms with Crippen LogP contribution in [-0.4, -0.2) is 35.8 Å². The summed E-state index contributed by atoms with van der Waals surface area (Å²) in [5, 5.41) is 2.35. The Balaban J connectivity index is 0.00000102. The average Bonchev–Trinajstić information content (AvgIpc) is 3.13. The lowest BCUT2D eigenvalue weighted by Crippen LogP contribution is -2.34. The van der Waals surface area contributed by atoms with E-state index in [1.807, 2.05) is 52.0 Å². The fraction of sp³-hybridized carbons (Fsp3) is 0.611. The Hall–Kier alpha value is -1.22. The summed E-state index contributed by atoms with van der Waals surface area (Å²) in [6.07, 6.45) is 2.63. The number of nitrogens with zero attached hydrogens (tertiary/aromatic N) is 2. The van der Waals surface area contributed by atoms with E-state index in [4.69, 9.17) is 4.74 Å². The molecule has 4 heteroatoms. The Bertz CT molecular complexity index is 421. The van der Waals surface area contributed by atoms with E-state index in [1.165, 1.54) is 25.9 Å². The Morgan fingerprint density at radius 3 is 2.18 bits per heavy atom. The third-order valence-electron chi connectivity index (χ3n) is 3.27. The van der Waals surface area contributed by atoms with Gasteiger partial charge in [0, 0.05) is 6.04 Å². The number of hydrogen-bond acceptors (Lipinski definition) is 4. The van der Waals surface area contributed by atoms with Crippen LogP contribution in [0.4, 0.5) is 5.69 Å². The number of isothiocyanates is 1. The molecule has 1 aromatic rings. The second-order valence-electron chi connectivity index (χ2n) is 4.60. The van der Waals surface area contributed by atoms with E-state index in [2.05, 4.69) is 34.2 Å². The number of ether oxygens (including phenoxy) is 1. The lowest BCUT2D eigenvalue weighted by Gasteiger charge is -2.23. The smallest absolute Gasteiger partial charge is 0.119 e. The molecule has 1 fully saturated rings. The molecule has 0 bridgehead atoms. The van der Waals surface area contributed by atoms with Gasteiger partial charge in [-0.3, -0.25) is 4.90 Å². The SMILES string of the molecule is CC.CC.C[C@H](COc1ccc(N=C=S)cc1)N1CCCC1. The predicted octanol–water partition coefficient (Wildman–Crippen LogP) is 5.34. The molecule has 3 nitrogen and oxygen atoms in total. The van der Waals surface area contributed by atoms with Crippen molar-refractivity contribution in [1.82, 2.24) is 4.90 Å². The van der Waals surface area contributed by atoms with E-state index in [9.17, 15) is 0 Å². The fourth-order valence-corrected chi connectivity index (χ4v) is 2.28. The number of aliphatic imine (C=N–C) groups is 1. The number of benzene rings is 1. The maximum atomic E-state index is 5.78. The third kappa shape index (κ3) is 7.69. The molecule has 0 N–H and O–H groups in total. The minimum atomic E-state index is 0.478. The maximum absolute atomic E-state index is 5.78. The zero-order valence-corrected chi connectivity index (χ0v) is 15.4. The predicted molar refractivity (Wildman–Crippen MR) is 99.6 cm³/mol. The molecule has 0 amide bonds. The summed E-state index contributed by atoms with van der Waals surface area (Å²) in [6.45, 7) is 13.4. The Kier molecular flexibility index (Phi) is 12.7. The molecule has 0 unspecified atom stereocenters. The topological polar surface area (TPSA) is 24.8 Å². The van der Waals surface area contributed by atoms with Gasteiger partial charge in [0.1, 0.15) is 12.4 Å². The van der Waals surface area contributed by atoms with Crippen molar-refractivity contribution in [3.05, 3.63) is 24.3 Å². The van der Waals surface area contributed by atoms with Gasteiger partial charge in [-0.2, -0.15) is 4.99 Å². The second kappa shape index (κ2) is 13.4. The van der Waals surface area contributed by atoms with Gasteiger partial charge in [-0.1, -0.05) is 27.7 Å². The van der Waals surface area contributed by atoms with E-state index < -0.39 is 0 Å². The molecule has 1 atom stereocenters. The number of hydrogen-bond donors (Lipinski definition) is 0. The van der Waals surface area contributed by atoms with E-state index >= 15 is 0 Å². The largest absolute Gasteiger partial charge is 0.492 e. The lowest BCUT2D eigenvalue weighted by molar-refractivity contribution is 0.172. The van der Waals surface area contributed by atoms with Crippen LogP contribution in [0.5, 0.6) is 5.75 Å². The van der Waals surface area contributed by atoms with Crippen LogP contribution >= 0.6 is 12.2 Å². The van der Waals surface area contributed by atoms with Gasteiger partial charge in [-0.25, -0.2) is 0 Å². The molecule has 124 valence electrons. The van der Waals surface area contributed by atoms with Gasteiger partial charge in [-0.05, 0) is 69.3 Å². The van der Waals surface area contributed by atoms with Gasteiger partial charge < -0.3 is 4.74 Å². The molecule has 1 heterocycles. The molecule has 22 heavy (non-hydrogen) atoms. The molecule has 0 spiro atoms. The van der Waals surface area contributed by atoms with Crippen molar-refractivity contribution in [2.45, 2.75) is 53.5 Å². The molecule has 1 aliphatic heterocycles. The standard InChI is InChI=1S/C14H18N2OS.2C2H6/c1-12(16-8-2-3-9-16)10-17-14-6-4-13(5-7-14)15-11-18;2*1-2/h4-7,12H,2-3,8-10H2,1H3;2*1-2H3/t12-;;/m1../s1. The van der Waals surface area contributed by atoms with E-state index in [0.29, 0.717) is 6.04 Å². The van der Waals surface area contributed by atoms with Gasteiger partial charge in [-0.15, -0.1) is 0 Å². The van der Waals surface area contributed by atoms with Gasteiger partial charge in [0.2, 0.25) is 0 Å². The highest BCUT2D eigenvalue weighted by Gasteiger charge is 2.18. The first kappa shape index (κ1) is 20.8. The fourth-order valence-electron chi connectivity index (χ4n) is 2.17. The molecule has 1 aliphatic rings. The molecule has 0 saturated carbocycles. The first-order chi connectivity index (χ1) is 10.8. The van der Waals surface area contributed by atoms with Gasteiger partial charge in [0.15, 0.2) is 0 Å². The van der Waals surface area contributed by atoms with Crippen LogP contribution in [0, 0.1) is 0 Å². The van der Waals surface area contributed by atoms with Crippen LogP contribution in [0.25, 0.3) is 0 Å². The molecule has 2 rings (SSSR count). The van der Waals surface area contributed by atoms with Crippen molar-refractivity contribution in [2.24, 2.45) is 4.99 Å². The van der Waals surface area contributed by atoms with Gasteiger partial charge >= 0.3 is 0 Å². The third-order valence-corrected chi connectivity index (χ3v) is 3.36. The molecule has 0 radical (unpaired) electrons. The lowest BCUT2D eigenvalue weighted by atomic mass is 10.3. The summed E-state index contributed by atoms with van der Waals surface area (Å²) in [6, 6.07) is 8.08. The van der Waals surface area contributed by atoms with Crippen molar-refractivity contribution in [1.29, 1.82) is 0 Å². The van der Waals surface area contributed by atoms with Gasteiger partial charge in [0.25, 0.3) is 0 Å². The zero-order chi connectivity index (χ0) is 16.8. The Labute approximate surface area is 141 Å². The van der Waals surface area contributed by atoms with Crippen molar-refractivity contribution < 1.29 is 4.74 Å². The summed E-state index contributed by atoms with van der Waals surface area (Å²) in [4.78, 5) is 6.38. The summed E-state index contributed by atoms with van der Waals surface area (Å²) in [7, 11) is 0. The van der Waals surface area contributed by atoms with Crippen LogP contribution < -0.4 is 4.74 Å². The van der Waals surface area contributed by atoms with E-state index in [-0.39, 0.29) is 0 Å². The zero-order valence-electron chi connectivity index (χ0n) is 14.6. The molecular formula is C18H30N2OS. The molecule has 0 aliphatic carbocycles. The highest BCUT2D eigenvalue weighted by atomic mass is 32.1. The van der Waals surface area contributed by atoms with Crippen LogP contribution in [-0.2, 0) is 0 Å². The van der Waals surface area contributed by atoms with Crippen molar-refractivity contribution >= 4 is 23.1 Å². The number of rotatable bonds is 5. The summed E-state index contributed by atoms with van der Waals surface area (Å²) in [5.74, 6) is 0.879. The minimum absolute atomic E-state index is 0.478. The highest BCUT2D eigenvalue weighted by molar-refractivity contribution is 7.78. The second-order valence-corrected chi connectivity index (χ2v) is 4.78. The minimum Gasteiger partial charge on any atom is -0.492 e. The van der Waals surface area contributed by atoms with Crippen LogP contribution in [0.15, 0.2) is 29.3 Å². The first-order valence-corrected chi connectivity index (χ1v) is 8.75. The normalized spacial score (nSPS) is 14.6. The monoisotopic (exact) mass is 322 g/mol. The summed E-state index contributed by atoms with van der Waals surface area (Å²) >= 11 is 4.56. The van der Waals surface area contributed by atoms with Crippen LogP contribution in [0.2, 0.25) is 0 Å². The average molecular weight is 323 g/mol. The Morgan fingerprint density at radius 1 is 1.14 bits per heavy atom. The van der Waals surface area contributed by atoms with Crippen molar-refractivity contribution in [3.8, 4) is 5.75 Å². The van der Waals surface area contributed by atoms with Crippen molar-refractivity contribution in [2.75, 3.05) is 19.7 Å². The van der Waals surface area contributed by atoms with Gasteiger partial charge in [0.05, 0.1) is 10.8 Å². The molecule has 1 saturated heterocycles. The quantitative estimate of drug-likeness (QED) is 0.540. The summed E-state index contributed by atoms with van der Waals surface area (Å²) < 4.78 is 5.78. The molecule has 1 aromatic carbocycles. The highest BCUT2D eigenvalue weighted by Crippen LogP contribution is 2.18. The molecule has 0 aromatic heterocycles. The number of thiocarbonyl (C=S) groups is 1. The van der Waals surface area contributed by atoms with E-state index in [1.54, 1.807) is 0 Å². The molecular weight excluding hydrogens is 292 g/mol. The van der Waals surface area contributed by atoms with Crippen LogP contribution in [0.3, 0.4) is 0 Å². The van der Waals surface area contributed by atoms with Crippen molar-refractivity contribution in [3.63, 3.8) is 0 Å². The maximum Gasteiger partial charge on any atom is 0.119 e. The van der Waals surface area contributed by atoms with E-state index in [0.717, 1.165) is 18.0 Å². The first-order valence-electron chi connectivity index (χ1n) is 8.34.